The first-order valence-corrected chi connectivity index (χ1v) is 6.97. The summed E-state index contributed by atoms with van der Waals surface area (Å²) in [6, 6.07) is 9.86. The molecular formula is C15H18N2OS. The lowest BCUT2D eigenvalue weighted by molar-refractivity contribution is 0.318. The van der Waals surface area contributed by atoms with Crippen molar-refractivity contribution >= 4 is 12.2 Å². The molecule has 4 heteroatoms. The van der Waals surface area contributed by atoms with Crippen LogP contribution in [0, 0.1) is 4.64 Å². The number of para-hydroxylation sites is 1. The van der Waals surface area contributed by atoms with Gasteiger partial charge in [0.2, 0.25) is 0 Å². The first-order valence-electron chi connectivity index (χ1n) is 6.57. The van der Waals surface area contributed by atoms with Crippen LogP contribution in [0.1, 0.15) is 26.1 Å². The Hall–Kier alpha value is -1.68. The molecule has 0 radical (unpaired) electrons. The molecule has 1 aromatic heterocycles. The van der Waals surface area contributed by atoms with Crippen LogP contribution in [0.3, 0.4) is 0 Å². The lowest BCUT2D eigenvalue weighted by atomic mass is 10.1. The van der Waals surface area contributed by atoms with Gasteiger partial charge in [0, 0.05) is 12.0 Å². The Labute approximate surface area is 118 Å². The van der Waals surface area contributed by atoms with Gasteiger partial charge in [-0.05, 0) is 24.6 Å². The van der Waals surface area contributed by atoms with Gasteiger partial charge < -0.3 is 9.72 Å². The zero-order valence-corrected chi connectivity index (χ0v) is 12.1. The van der Waals surface area contributed by atoms with Gasteiger partial charge >= 0.3 is 0 Å². The summed E-state index contributed by atoms with van der Waals surface area (Å²) >= 11 is 5.21. The van der Waals surface area contributed by atoms with Crippen molar-refractivity contribution in [3.8, 4) is 17.0 Å². The molecule has 0 fully saturated rings. The topological polar surface area (TPSA) is 37.9 Å². The van der Waals surface area contributed by atoms with E-state index in [1.807, 2.05) is 30.3 Å². The zero-order valence-electron chi connectivity index (χ0n) is 11.3. The van der Waals surface area contributed by atoms with Crippen LogP contribution in [0.25, 0.3) is 11.3 Å². The number of nitrogens with one attached hydrogen (secondary N) is 1. The monoisotopic (exact) mass is 274 g/mol. The van der Waals surface area contributed by atoms with Gasteiger partial charge in [0.25, 0.3) is 0 Å². The van der Waals surface area contributed by atoms with Crippen LogP contribution in [0.5, 0.6) is 5.75 Å². The van der Waals surface area contributed by atoms with E-state index in [9.17, 15) is 0 Å². The minimum absolute atomic E-state index is 0.607. The number of nitrogens with zero attached hydrogens (tertiary/aromatic N) is 1. The van der Waals surface area contributed by atoms with E-state index >= 15 is 0 Å². The molecule has 0 amide bonds. The van der Waals surface area contributed by atoms with Crippen molar-refractivity contribution in [2.24, 2.45) is 0 Å². The second-order valence-electron chi connectivity index (χ2n) is 4.28. The molecule has 2 aromatic rings. The number of benzene rings is 1. The normalized spacial score (nSPS) is 10.4. The number of aromatic amines is 1. The second kappa shape index (κ2) is 6.48. The molecule has 0 saturated heterocycles. The van der Waals surface area contributed by atoms with E-state index < -0.39 is 0 Å². The van der Waals surface area contributed by atoms with Crippen molar-refractivity contribution in [1.29, 1.82) is 0 Å². The van der Waals surface area contributed by atoms with Crippen LogP contribution in [-0.2, 0) is 6.42 Å². The average molecular weight is 274 g/mol. The molecule has 0 aliphatic carbocycles. The largest absolute Gasteiger partial charge is 0.493 e. The van der Waals surface area contributed by atoms with E-state index in [1.54, 1.807) is 0 Å². The number of ether oxygens (including phenoxy) is 1. The van der Waals surface area contributed by atoms with Crippen molar-refractivity contribution in [3.63, 3.8) is 0 Å². The predicted molar refractivity (Wildman–Crippen MR) is 80.0 cm³/mol. The third-order valence-corrected chi connectivity index (χ3v) is 2.97. The third kappa shape index (κ3) is 3.41. The van der Waals surface area contributed by atoms with E-state index in [0.29, 0.717) is 11.2 Å². The van der Waals surface area contributed by atoms with Crippen molar-refractivity contribution in [1.82, 2.24) is 9.97 Å². The Morgan fingerprint density at radius 1 is 1.26 bits per heavy atom. The summed E-state index contributed by atoms with van der Waals surface area (Å²) in [6.45, 7) is 4.86. The minimum atomic E-state index is 0.607. The predicted octanol–water partition coefficient (Wildman–Crippen LogP) is 4.16. The van der Waals surface area contributed by atoms with Gasteiger partial charge in [-0.25, -0.2) is 4.98 Å². The molecule has 2 rings (SSSR count). The van der Waals surface area contributed by atoms with Gasteiger partial charge in [-0.2, -0.15) is 0 Å². The quantitative estimate of drug-likeness (QED) is 0.832. The number of H-pyrrole nitrogens is 1. The molecule has 0 aliphatic heterocycles. The number of rotatable bonds is 5. The molecular weight excluding hydrogens is 256 g/mol. The molecule has 0 bridgehead atoms. The van der Waals surface area contributed by atoms with Crippen molar-refractivity contribution in [3.05, 3.63) is 40.8 Å². The smallest absolute Gasteiger partial charge is 0.130 e. The summed E-state index contributed by atoms with van der Waals surface area (Å²) in [5, 5.41) is 0. The van der Waals surface area contributed by atoms with E-state index in [1.165, 1.54) is 0 Å². The summed E-state index contributed by atoms with van der Waals surface area (Å²) in [4.78, 5) is 7.60. The highest BCUT2D eigenvalue weighted by Crippen LogP contribution is 2.28. The number of aromatic nitrogens is 2. The molecule has 1 aromatic carbocycles. The Morgan fingerprint density at radius 3 is 2.79 bits per heavy atom. The standard InChI is InChI=1S/C15H18N2OS/c1-3-9-18-13-8-6-5-7-11(13)12-10-15(19)17-14(4-2)16-12/h5-8,10H,3-4,9H2,1-2H3,(H,16,17,19). The fraction of sp³-hybridized carbons (Fsp3) is 0.333. The number of aryl methyl sites for hydroxylation is 1. The average Bonchev–Trinajstić information content (AvgIpc) is 2.44. The molecule has 3 nitrogen and oxygen atoms in total. The van der Waals surface area contributed by atoms with Gasteiger partial charge in [0.1, 0.15) is 16.2 Å². The van der Waals surface area contributed by atoms with Gasteiger partial charge in [-0.3, -0.25) is 0 Å². The summed E-state index contributed by atoms with van der Waals surface area (Å²) in [7, 11) is 0. The summed E-state index contributed by atoms with van der Waals surface area (Å²) in [5.74, 6) is 1.77. The molecule has 100 valence electrons. The van der Waals surface area contributed by atoms with Crippen molar-refractivity contribution < 1.29 is 4.74 Å². The Balaban J connectivity index is 2.46. The Morgan fingerprint density at radius 2 is 2.05 bits per heavy atom. The van der Waals surface area contributed by atoms with Crippen LogP contribution >= 0.6 is 12.2 Å². The third-order valence-electron chi connectivity index (χ3n) is 2.77. The molecule has 0 aliphatic rings. The van der Waals surface area contributed by atoms with Crippen LogP contribution < -0.4 is 4.74 Å². The first-order chi connectivity index (χ1) is 9.24. The highest BCUT2D eigenvalue weighted by atomic mass is 32.1. The van der Waals surface area contributed by atoms with Crippen LogP contribution in [-0.4, -0.2) is 16.6 Å². The number of hydrogen-bond donors (Lipinski definition) is 1. The maximum absolute atomic E-state index is 5.78. The van der Waals surface area contributed by atoms with Gasteiger partial charge in [-0.15, -0.1) is 0 Å². The van der Waals surface area contributed by atoms with Crippen molar-refractivity contribution in [2.45, 2.75) is 26.7 Å². The number of hydrogen-bond acceptors (Lipinski definition) is 3. The molecule has 1 N–H and O–H groups in total. The molecule has 0 saturated carbocycles. The SMILES string of the molecule is CCCOc1ccccc1-c1cc(=S)nc(CC)[nH]1. The van der Waals surface area contributed by atoms with Gasteiger partial charge in [0.15, 0.2) is 0 Å². The molecule has 0 unspecified atom stereocenters. The lowest BCUT2D eigenvalue weighted by Crippen LogP contribution is -1.99. The molecule has 19 heavy (non-hydrogen) atoms. The minimum Gasteiger partial charge on any atom is -0.493 e. The van der Waals surface area contributed by atoms with E-state index in [-0.39, 0.29) is 0 Å². The summed E-state index contributed by atoms with van der Waals surface area (Å²) in [6.07, 6.45) is 1.82. The highest BCUT2D eigenvalue weighted by Gasteiger charge is 2.07. The highest BCUT2D eigenvalue weighted by molar-refractivity contribution is 7.71. The van der Waals surface area contributed by atoms with Gasteiger partial charge in [0.05, 0.1) is 12.3 Å². The van der Waals surface area contributed by atoms with Crippen molar-refractivity contribution in [2.75, 3.05) is 6.61 Å². The Bertz CT molecular complexity index is 607. The Kier molecular flexibility index (Phi) is 4.68. The maximum Gasteiger partial charge on any atom is 0.130 e. The molecule has 1 heterocycles. The van der Waals surface area contributed by atoms with E-state index in [2.05, 4.69) is 23.8 Å². The van der Waals surface area contributed by atoms with E-state index in [4.69, 9.17) is 17.0 Å². The summed E-state index contributed by atoms with van der Waals surface area (Å²) in [5.41, 5.74) is 1.99. The van der Waals surface area contributed by atoms with Crippen LogP contribution in [0.15, 0.2) is 30.3 Å². The van der Waals surface area contributed by atoms with Crippen LogP contribution in [0.2, 0.25) is 0 Å². The first kappa shape index (κ1) is 13.7. The maximum atomic E-state index is 5.78. The fourth-order valence-electron chi connectivity index (χ4n) is 1.85. The van der Waals surface area contributed by atoms with E-state index in [0.717, 1.165) is 35.7 Å². The fourth-order valence-corrected chi connectivity index (χ4v) is 2.08. The molecule has 0 spiro atoms. The van der Waals surface area contributed by atoms with Gasteiger partial charge in [-0.1, -0.05) is 38.2 Å². The van der Waals surface area contributed by atoms with Crippen LogP contribution in [0.4, 0.5) is 0 Å². The lowest BCUT2D eigenvalue weighted by Gasteiger charge is -2.11. The second-order valence-corrected chi connectivity index (χ2v) is 4.70. The molecule has 0 atom stereocenters. The zero-order chi connectivity index (χ0) is 13.7. The summed E-state index contributed by atoms with van der Waals surface area (Å²) < 4.78 is 6.39.